The number of phenols is 1. The number of carbonyl (C=O) groups excluding carboxylic acids is 4. The number of imide groups is 2. The number of unbranched alkanes of at least 4 members (excludes halogenated alkanes) is 2. The first kappa shape index (κ1) is 38.2. The molecule has 2 saturated heterocycles. The van der Waals surface area contributed by atoms with Gasteiger partial charge in [0, 0.05) is 23.9 Å². The van der Waals surface area contributed by atoms with Gasteiger partial charge in [0.1, 0.15) is 5.75 Å². The van der Waals surface area contributed by atoms with E-state index in [0.717, 1.165) is 10.6 Å². The van der Waals surface area contributed by atoms with Crippen molar-refractivity contribution in [3.05, 3.63) is 93.5 Å². The maximum Gasteiger partial charge on any atom is 0.303 e. The van der Waals surface area contributed by atoms with E-state index in [1.54, 1.807) is 55.5 Å². The molecule has 55 heavy (non-hydrogen) atoms. The van der Waals surface area contributed by atoms with Crippen molar-refractivity contribution in [3.63, 3.8) is 0 Å². The molecule has 288 valence electrons. The highest BCUT2D eigenvalue weighted by Crippen LogP contribution is 2.64. The first-order valence-corrected chi connectivity index (χ1v) is 19.1. The summed E-state index contributed by atoms with van der Waals surface area (Å²) in [7, 11) is 1.53. The first-order chi connectivity index (χ1) is 26.4. The number of ether oxygens (including phenoxy) is 2. The van der Waals surface area contributed by atoms with Crippen molar-refractivity contribution < 1.29 is 43.7 Å². The van der Waals surface area contributed by atoms with E-state index in [0.29, 0.717) is 41.2 Å². The Balaban J connectivity index is 1.38. The number of amides is 4. The number of allylic oxidation sites excluding steroid dienone is 2. The van der Waals surface area contributed by atoms with Crippen molar-refractivity contribution in [1.82, 2.24) is 9.91 Å². The summed E-state index contributed by atoms with van der Waals surface area (Å²) in [5.41, 5.74) is 3.56. The van der Waals surface area contributed by atoms with E-state index in [4.69, 9.17) is 37.8 Å². The number of aromatic hydroxyl groups is 1. The van der Waals surface area contributed by atoms with Crippen LogP contribution in [0.3, 0.4) is 0 Å². The zero-order valence-corrected chi connectivity index (χ0v) is 31.8. The number of aliphatic carboxylic acids is 1. The lowest BCUT2D eigenvalue weighted by Gasteiger charge is -2.50. The van der Waals surface area contributed by atoms with Gasteiger partial charge in [0.2, 0.25) is 11.8 Å². The highest BCUT2D eigenvalue weighted by atomic mass is 35.5. The van der Waals surface area contributed by atoms with Gasteiger partial charge in [0.05, 0.1) is 47.6 Å². The lowest BCUT2D eigenvalue weighted by molar-refractivity contribution is -0.141. The van der Waals surface area contributed by atoms with Gasteiger partial charge in [-0.25, -0.2) is 0 Å². The Kier molecular flexibility index (Phi) is 10.6. The molecule has 3 N–H and O–H groups in total. The van der Waals surface area contributed by atoms with Crippen molar-refractivity contribution in [3.8, 4) is 17.2 Å². The number of anilines is 1. The maximum absolute atomic E-state index is 15.4. The van der Waals surface area contributed by atoms with Crippen molar-refractivity contribution >= 4 is 58.5 Å². The molecule has 12 nitrogen and oxygen atoms in total. The van der Waals surface area contributed by atoms with Gasteiger partial charge in [0.25, 0.3) is 11.8 Å². The topological polar surface area (TPSA) is 163 Å². The number of benzene rings is 3. The quantitative estimate of drug-likeness (QED) is 0.0961. The zero-order chi connectivity index (χ0) is 39.2. The number of carbonyl (C=O) groups is 5. The molecule has 0 aromatic heterocycles. The normalized spacial score (nSPS) is 25.7. The molecular formula is C41H41Cl2N3O9. The molecule has 7 rings (SSSR count). The first-order valence-electron chi connectivity index (χ1n) is 18.4. The summed E-state index contributed by atoms with van der Waals surface area (Å²) in [5.74, 6) is -5.85. The summed E-state index contributed by atoms with van der Waals surface area (Å²) in [6.07, 6.45) is 3.74. The van der Waals surface area contributed by atoms with Crippen LogP contribution in [0.25, 0.3) is 0 Å². The second kappa shape index (κ2) is 15.2. The second-order valence-electron chi connectivity index (χ2n) is 14.4. The van der Waals surface area contributed by atoms with E-state index in [9.17, 15) is 24.3 Å². The predicted octanol–water partition coefficient (Wildman–Crippen LogP) is 6.74. The average molecular weight is 791 g/mol. The number of phenolic OH excluding ortho intramolecular Hbond substituents is 1. The number of fused-ring (bicyclic) bond motifs is 4. The van der Waals surface area contributed by atoms with Gasteiger partial charge in [-0.15, -0.1) is 0 Å². The number of hydrazine groups is 1. The molecule has 3 aromatic rings. The van der Waals surface area contributed by atoms with Crippen LogP contribution in [0.15, 0.2) is 72.3 Å². The fourth-order valence-electron chi connectivity index (χ4n) is 9.21. The Morgan fingerprint density at radius 2 is 1.71 bits per heavy atom. The molecular weight excluding hydrogens is 749 g/mol. The summed E-state index contributed by atoms with van der Waals surface area (Å²) in [5, 5.41) is 21.4. The van der Waals surface area contributed by atoms with Crippen LogP contribution in [-0.2, 0) is 29.4 Å². The van der Waals surface area contributed by atoms with Gasteiger partial charge in [-0.2, -0.15) is 5.01 Å². The Hall–Kier alpha value is -5.07. The van der Waals surface area contributed by atoms with Gasteiger partial charge >= 0.3 is 5.97 Å². The minimum Gasteiger partial charge on any atom is -0.504 e. The minimum absolute atomic E-state index is 0.00629. The molecule has 2 heterocycles. The van der Waals surface area contributed by atoms with E-state index in [-0.39, 0.29) is 66.4 Å². The van der Waals surface area contributed by atoms with E-state index < -0.39 is 52.8 Å². The van der Waals surface area contributed by atoms with Crippen LogP contribution in [0.2, 0.25) is 10.0 Å². The summed E-state index contributed by atoms with van der Waals surface area (Å²) < 4.78 is 11.3. The highest BCUT2D eigenvalue weighted by molar-refractivity contribution is 6.36. The van der Waals surface area contributed by atoms with Gasteiger partial charge in [0.15, 0.2) is 11.5 Å². The van der Waals surface area contributed by atoms with Crippen LogP contribution in [0, 0.1) is 23.7 Å². The van der Waals surface area contributed by atoms with Crippen LogP contribution in [0.1, 0.15) is 62.5 Å². The average Bonchev–Trinajstić information content (AvgIpc) is 3.53. The van der Waals surface area contributed by atoms with Crippen LogP contribution >= 0.6 is 23.2 Å². The summed E-state index contributed by atoms with van der Waals surface area (Å²) in [4.78, 5) is 70.9. The monoisotopic (exact) mass is 789 g/mol. The Morgan fingerprint density at radius 1 is 0.945 bits per heavy atom. The highest BCUT2D eigenvalue weighted by Gasteiger charge is 2.70. The molecule has 3 aromatic carbocycles. The predicted molar refractivity (Wildman–Crippen MR) is 203 cm³/mol. The number of halogens is 2. The molecule has 0 unspecified atom stereocenters. The molecule has 2 aliphatic heterocycles. The molecule has 3 fully saturated rings. The molecule has 4 aliphatic rings. The lowest BCUT2D eigenvalue weighted by atomic mass is 9.49. The Morgan fingerprint density at radius 3 is 2.40 bits per heavy atom. The number of hydrogen-bond acceptors (Lipinski definition) is 9. The second-order valence-corrected chi connectivity index (χ2v) is 15.2. The molecule has 6 atom stereocenters. The molecule has 1 saturated carbocycles. The molecule has 2 aliphatic carbocycles. The summed E-state index contributed by atoms with van der Waals surface area (Å²) in [6.45, 7) is 2.21. The van der Waals surface area contributed by atoms with Gasteiger partial charge in [-0.1, -0.05) is 59.5 Å². The third-order valence-electron chi connectivity index (χ3n) is 11.6. The van der Waals surface area contributed by atoms with E-state index in [2.05, 4.69) is 5.43 Å². The van der Waals surface area contributed by atoms with Crippen LogP contribution in [-0.4, -0.2) is 70.0 Å². The van der Waals surface area contributed by atoms with Crippen LogP contribution < -0.4 is 14.9 Å². The standard InChI is InChI=1S/C41H41Cl2N3O9/c1-3-55-33-19-22(8-17-32(33)47)36-26-14-15-27-35(39(52)45(37(27)50)18-6-4-5-7-34(48)49)28(26)21-29-38(51)46(44-31-16-11-24(42)20-30(31)43)40(53)41(29,36)23-9-12-25(54-2)13-10-23/h8-14,16-17,19-20,27-29,35-36,44,47H,3-7,15,18,21H2,1-2H3,(H,48,49)/t27-,28+,29-,35-,36-,41+/m0/s1. The number of carboxylic acid groups (broad SMARTS) is 1. The van der Waals surface area contributed by atoms with Crippen molar-refractivity contribution in [1.29, 1.82) is 0 Å². The molecule has 14 heteroatoms. The third-order valence-corrected chi connectivity index (χ3v) is 12.1. The fraction of sp³-hybridized carbons (Fsp3) is 0.390. The fourth-order valence-corrected chi connectivity index (χ4v) is 9.66. The SMILES string of the molecule is CCOc1cc([C@H]2C3=CC[C@@H]4C(=O)N(CCCCCC(=O)O)C(=O)[C@@H]4[C@@H]3C[C@H]3C(=O)N(Nc4ccc(Cl)cc4Cl)C(=O)[C@@]23c2ccc(OC)cc2)ccc1O. The minimum atomic E-state index is -1.57. The number of nitrogens with one attached hydrogen (secondary N) is 1. The largest absolute Gasteiger partial charge is 0.504 e. The van der Waals surface area contributed by atoms with Gasteiger partial charge in [-0.05, 0) is 92.1 Å². The Labute approximate surface area is 327 Å². The number of likely N-dealkylation sites (tertiary alicyclic amines) is 1. The van der Waals surface area contributed by atoms with E-state index in [1.807, 2.05) is 6.08 Å². The van der Waals surface area contributed by atoms with Gasteiger partial charge in [-0.3, -0.25) is 34.3 Å². The van der Waals surface area contributed by atoms with Crippen LogP contribution in [0.4, 0.5) is 5.69 Å². The number of carboxylic acids is 1. The van der Waals surface area contributed by atoms with Crippen LogP contribution in [0.5, 0.6) is 17.2 Å². The summed E-state index contributed by atoms with van der Waals surface area (Å²) >= 11 is 12.7. The Bertz CT molecular complexity index is 2090. The van der Waals surface area contributed by atoms with E-state index in [1.165, 1.54) is 24.1 Å². The van der Waals surface area contributed by atoms with Gasteiger partial charge < -0.3 is 19.7 Å². The smallest absolute Gasteiger partial charge is 0.303 e. The maximum atomic E-state index is 15.4. The van der Waals surface area contributed by atoms with E-state index >= 15 is 4.79 Å². The zero-order valence-electron chi connectivity index (χ0n) is 30.3. The lowest BCUT2D eigenvalue weighted by Crippen LogP contribution is -2.53. The third kappa shape index (κ3) is 6.48. The van der Waals surface area contributed by atoms with Crippen molar-refractivity contribution in [2.75, 3.05) is 25.7 Å². The van der Waals surface area contributed by atoms with Crippen molar-refractivity contribution in [2.24, 2.45) is 23.7 Å². The molecule has 0 radical (unpaired) electrons. The number of hydrogen-bond donors (Lipinski definition) is 3. The number of methoxy groups -OCH3 is 1. The molecule has 0 spiro atoms. The molecule has 0 bridgehead atoms. The van der Waals surface area contributed by atoms with Crippen molar-refractivity contribution in [2.45, 2.75) is 56.8 Å². The number of nitrogens with zero attached hydrogens (tertiary/aromatic N) is 2. The molecule has 4 amide bonds. The summed E-state index contributed by atoms with van der Waals surface area (Å²) in [6, 6.07) is 16.5. The number of rotatable bonds is 13.